The Hall–Kier alpha value is -1.52. The van der Waals surface area contributed by atoms with Gasteiger partial charge in [0.1, 0.15) is 5.84 Å². The van der Waals surface area contributed by atoms with Gasteiger partial charge in [0.2, 0.25) is 0 Å². The molecule has 20 heavy (non-hydrogen) atoms. The molecule has 0 aliphatic carbocycles. The molecule has 0 spiro atoms. The van der Waals surface area contributed by atoms with Crippen molar-refractivity contribution in [2.45, 2.75) is 19.4 Å². The van der Waals surface area contributed by atoms with Crippen molar-refractivity contribution in [3.63, 3.8) is 0 Å². The Morgan fingerprint density at radius 2 is 2.20 bits per heavy atom. The monoisotopic (exact) mass is 307 g/mol. The number of nitrogens with two attached hydrogens (primary N) is 1. The molecule has 1 heterocycles. The number of halogens is 1. The normalized spacial score (nSPS) is 12.2. The second-order valence-corrected chi connectivity index (χ2v) is 6.26. The number of nitrogens with one attached hydrogen (secondary N) is 1. The molecule has 3 nitrogen and oxygen atoms in total. The lowest BCUT2D eigenvalue weighted by molar-refractivity contribution is 0.688. The van der Waals surface area contributed by atoms with E-state index in [1.165, 1.54) is 4.88 Å². The highest BCUT2D eigenvalue weighted by atomic mass is 35.5. The second kappa shape index (κ2) is 6.29. The number of nitrogen functional groups attached to an aromatic ring is 1. The maximum absolute atomic E-state index is 7.45. The summed E-state index contributed by atoms with van der Waals surface area (Å²) >= 11 is 7.95. The van der Waals surface area contributed by atoms with Gasteiger partial charge in [-0.25, -0.2) is 0 Å². The highest BCUT2D eigenvalue weighted by molar-refractivity contribution is 7.09. The third-order valence-electron chi connectivity index (χ3n) is 3.39. The van der Waals surface area contributed by atoms with E-state index in [1.54, 1.807) is 17.4 Å². The van der Waals surface area contributed by atoms with Gasteiger partial charge in [0.05, 0.1) is 5.02 Å². The highest BCUT2D eigenvalue weighted by Gasteiger charge is 2.13. The van der Waals surface area contributed by atoms with Crippen LogP contribution in [0, 0.1) is 5.41 Å². The molecule has 0 saturated carbocycles. The van der Waals surface area contributed by atoms with Gasteiger partial charge in [0.15, 0.2) is 0 Å². The summed E-state index contributed by atoms with van der Waals surface area (Å²) in [7, 11) is 2.05. The first-order valence-corrected chi connectivity index (χ1v) is 7.64. The quantitative estimate of drug-likeness (QED) is 0.653. The summed E-state index contributed by atoms with van der Waals surface area (Å²) < 4.78 is 0. The first-order chi connectivity index (χ1) is 9.49. The molecule has 3 N–H and O–H groups in total. The molecular formula is C15H18ClN3S. The Labute approximate surface area is 128 Å². The fraction of sp³-hybridized carbons (Fsp3) is 0.267. The molecule has 0 aliphatic rings. The SMILES string of the molecule is CC(Cc1cccs1)N(C)c1ccc(C(=N)N)c(Cl)c1. The number of hydrogen-bond donors (Lipinski definition) is 2. The van der Waals surface area contributed by atoms with Gasteiger partial charge in [-0.1, -0.05) is 17.7 Å². The smallest absolute Gasteiger partial charge is 0.124 e. The zero-order chi connectivity index (χ0) is 14.7. The molecule has 0 radical (unpaired) electrons. The summed E-state index contributed by atoms with van der Waals surface area (Å²) in [4.78, 5) is 3.56. The van der Waals surface area contributed by atoms with Crippen molar-refractivity contribution >= 4 is 34.5 Å². The maximum atomic E-state index is 7.45. The van der Waals surface area contributed by atoms with Crippen LogP contribution in [0.3, 0.4) is 0 Å². The van der Waals surface area contributed by atoms with Crippen molar-refractivity contribution in [3.05, 3.63) is 51.2 Å². The lowest BCUT2D eigenvalue weighted by Crippen LogP contribution is -2.30. The molecule has 0 saturated heterocycles. The summed E-state index contributed by atoms with van der Waals surface area (Å²) in [6, 6.07) is 10.2. The molecule has 0 amide bonds. The van der Waals surface area contributed by atoms with Gasteiger partial charge < -0.3 is 10.6 Å². The molecule has 1 aromatic heterocycles. The van der Waals surface area contributed by atoms with Gasteiger partial charge in [-0.3, -0.25) is 5.41 Å². The average Bonchev–Trinajstić information content (AvgIpc) is 2.90. The molecule has 0 fully saturated rings. The molecule has 106 valence electrons. The van der Waals surface area contributed by atoms with Crippen LogP contribution in [0.1, 0.15) is 17.4 Å². The van der Waals surface area contributed by atoms with Crippen LogP contribution in [0.4, 0.5) is 5.69 Å². The van der Waals surface area contributed by atoms with Crippen LogP contribution in [-0.4, -0.2) is 18.9 Å². The topological polar surface area (TPSA) is 53.1 Å². The minimum absolute atomic E-state index is 0.00385. The van der Waals surface area contributed by atoms with Gasteiger partial charge >= 0.3 is 0 Å². The van der Waals surface area contributed by atoms with Gasteiger partial charge in [-0.2, -0.15) is 0 Å². The van der Waals surface area contributed by atoms with Crippen molar-refractivity contribution in [2.75, 3.05) is 11.9 Å². The summed E-state index contributed by atoms with van der Waals surface area (Å²) in [5, 5.41) is 10.1. The summed E-state index contributed by atoms with van der Waals surface area (Å²) in [5.74, 6) is -0.00385. The van der Waals surface area contributed by atoms with E-state index in [1.807, 2.05) is 12.1 Å². The van der Waals surface area contributed by atoms with Crippen LogP contribution in [0.25, 0.3) is 0 Å². The first-order valence-electron chi connectivity index (χ1n) is 6.38. The largest absolute Gasteiger partial charge is 0.384 e. The molecule has 0 bridgehead atoms. The van der Waals surface area contributed by atoms with E-state index in [2.05, 4.69) is 36.4 Å². The summed E-state index contributed by atoms with van der Waals surface area (Å²) in [5.41, 5.74) is 7.09. The molecular weight excluding hydrogens is 290 g/mol. The van der Waals surface area contributed by atoms with E-state index in [9.17, 15) is 0 Å². The van der Waals surface area contributed by atoms with Gasteiger partial charge in [-0.15, -0.1) is 11.3 Å². The Balaban J connectivity index is 2.14. The minimum atomic E-state index is -0.00385. The Bertz CT molecular complexity index is 595. The predicted octanol–water partition coefficient (Wildman–Crippen LogP) is 3.75. The van der Waals surface area contributed by atoms with Crippen molar-refractivity contribution in [2.24, 2.45) is 5.73 Å². The van der Waals surface area contributed by atoms with Crippen molar-refractivity contribution in [1.82, 2.24) is 0 Å². The third kappa shape index (κ3) is 3.32. The molecule has 2 aromatic rings. The molecule has 1 atom stereocenters. The molecule has 5 heteroatoms. The van der Waals surface area contributed by atoms with Gasteiger partial charge in [0, 0.05) is 35.6 Å². The highest BCUT2D eigenvalue weighted by Crippen LogP contribution is 2.25. The third-order valence-corrected chi connectivity index (χ3v) is 4.60. The number of nitrogens with zero attached hydrogens (tertiary/aromatic N) is 1. The lowest BCUT2D eigenvalue weighted by atomic mass is 10.1. The van der Waals surface area contributed by atoms with E-state index < -0.39 is 0 Å². The zero-order valence-corrected chi connectivity index (χ0v) is 13.1. The fourth-order valence-corrected chi connectivity index (χ4v) is 3.16. The van der Waals surface area contributed by atoms with Crippen molar-refractivity contribution in [3.8, 4) is 0 Å². The maximum Gasteiger partial charge on any atom is 0.124 e. The summed E-state index contributed by atoms with van der Waals surface area (Å²) in [6.45, 7) is 2.19. The Morgan fingerprint density at radius 3 is 2.75 bits per heavy atom. The van der Waals surface area contributed by atoms with Gasteiger partial charge in [0.25, 0.3) is 0 Å². The number of amidine groups is 1. The number of rotatable bonds is 5. The molecule has 2 rings (SSSR count). The zero-order valence-electron chi connectivity index (χ0n) is 11.6. The lowest BCUT2D eigenvalue weighted by Gasteiger charge is -2.27. The predicted molar refractivity (Wildman–Crippen MR) is 88.4 cm³/mol. The molecule has 1 unspecified atom stereocenters. The van der Waals surface area contributed by atoms with Crippen molar-refractivity contribution < 1.29 is 0 Å². The van der Waals surface area contributed by atoms with Crippen LogP contribution < -0.4 is 10.6 Å². The first kappa shape index (κ1) is 14.9. The van der Waals surface area contributed by atoms with Crippen LogP contribution in [-0.2, 0) is 6.42 Å². The summed E-state index contributed by atoms with van der Waals surface area (Å²) in [6.07, 6.45) is 1.00. The average molecular weight is 308 g/mol. The fourth-order valence-electron chi connectivity index (χ4n) is 2.05. The van der Waals surface area contributed by atoms with Crippen LogP contribution in [0.2, 0.25) is 5.02 Å². The van der Waals surface area contributed by atoms with Crippen molar-refractivity contribution in [1.29, 1.82) is 5.41 Å². The number of thiophene rings is 1. The van der Waals surface area contributed by atoms with E-state index in [0.29, 0.717) is 16.6 Å². The number of anilines is 1. The van der Waals surface area contributed by atoms with E-state index in [4.69, 9.17) is 22.7 Å². The van der Waals surface area contributed by atoms with Crippen LogP contribution in [0.5, 0.6) is 0 Å². The Morgan fingerprint density at radius 1 is 1.45 bits per heavy atom. The van der Waals surface area contributed by atoms with E-state index in [-0.39, 0.29) is 5.84 Å². The number of benzene rings is 1. The van der Waals surface area contributed by atoms with E-state index in [0.717, 1.165) is 12.1 Å². The number of likely N-dealkylation sites (N-methyl/N-ethyl adjacent to an activating group) is 1. The van der Waals surface area contributed by atoms with E-state index >= 15 is 0 Å². The van der Waals surface area contributed by atoms with Crippen LogP contribution >= 0.6 is 22.9 Å². The minimum Gasteiger partial charge on any atom is -0.384 e. The number of hydrogen-bond acceptors (Lipinski definition) is 3. The van der Waals surface area contributed by atoms with Gasteiger partial charge in [-0.05, 0) is 36.6 Å². The Kier molecular flexibility index (Phi) is 4.68. The molecule has 0 aliphatic heterocycles. The standard InChI is InChI=1S/C15H18ClN3S/c1-10(8-12-4-3-7-20-12)19(2)11-5-6-13(15(17)18)14(16)9-11/h3-7,9-10H,8H2,1-2H3,(H3,17,18). The second-order valence-electron chi connectivity index (χ2n) is 4.82. The molecule has 1 aromatic carbocycles. The van der Waals surface area contributed by atoms with Crippen LogP contribution in [0.15, 0.2) is 35.7 Å².